The average Bonchev–Trinajstić information content (AvgIpc) is 2.37. The molecule has 0 N–H and O–H groups in total. The van der Waals surface area contributed by atoms with E-state index in [2.05, 4.69) is 6.07 Å². The number of fused-ring (bicyclic) bond motifs is 1. The summed E-state index contributed by atoms with van der Waals surface area (Å²) in [5.74, 6) is -0.171. The number of carbonyl (C=O) groups is 1. The Morgan fingerprint density at radius 1 is 1.47 bits per heavy atom. The number of amides is 1. The zero-order valence-electron chi connectivity index (χ0n) is 9.50. The number of allylic oxidation sites excluding steroid dienone is 1. The van der Waals surface area contributed by atoms with E-state index in [0.717, 1.165) is 11.3 Å². The van der Waals surface area contributed by atoms with Crippen LogP contribution in [0.5, 0.6) is 0 Å². The molecule has 1 unspecified atom stereocenters. The Bertz CT molecular complexity index is 537. The lowest BCUT2D eigenvalue weighted by Crippen LogP contribution is -2.39. The quantitative estimate of drug-likeness (QED) is 0.688. The molecule has 84 valence electrons. The molecule has 0 fully saturated rings. The summed E-state index contributed by atoms with van der Waals surface area (Å²) in [5.41, 5.74) is 1.74. The minimum absolute atomic E-state index is 0.171. The van der Waals surface area contributed by atoms with Crippen LogP contribution in [-0.2, 0) is 4.79 Å². The maximum Gasteiger partial charge on any atom is 0.252 e. The van der Waals surface area contributed by atoms with E-state index in [9.17, 15) is 4.79 Å². The molecule has 1 amide bonds. The van der Waals surface area contributed by atoms with Crippen molar-refractivity contribution in [3.8, 4) is 6.07 Å². The van der Waals surface area contributed by atoms with Crippen molar-refractivity contribution < 1.29 is 4.79 Å². The lowest BCUT2D eigenvalue weighted by molar-refractivity contribution is -0.114. The number of benzene rings is 1. The topological polar surface area (TPSA) is 44.1 Å². The van der Waals surface area contributed by atoms with Gasteiger partial charge >= 0.3 is 0 Å². The zero-order valence-corrected chi connectivity index (χ0v) is 9.50. The second-order valence-corrected chi connectivity index (χ2v) is 3.70. The van der Waals surface area contributed by atoms with Gasteiger partial charge in [0.25, 0.3) is 5.91 Å². The average molecular weight is 224 g/mol. The Hall–Kier alpha value is -2.34. The lowest BCUT2D eigenvalue weighted by atomic mass is 10.0. The first-order valence-corrected chi connectivity index (χ1v) is 5.40. The molecule has 0 radical (unpaired) electrons. The number of hydrogen-bond acceptors (Lipinski definition) is 2. The number of rotatable bonds is 1. The van der Waals surface area contributed by atoms with Crippen LogP contribution in [0.1, 0.15) is 12.5 Å². The van der Waals surface area contributed by atoms with E-state index in [1.54, 1.807) is 19.1 Å². The van der Waals surface area contributed by atoms with Crippen LogP contribution in [0, 0.1) is 11.3 Å². The highest BCUT2D eigenvalue weighted by atomic mass is 16.2. The highest BCUT2D eigenvalue weighted by molar-refractivity contribution is 6.04. The van der Waals surface area contributed by atoms with Crippen LogP contribution >= 0.6 is 0 Å². The standard InChI is InChI=1S/C14H12N2O/c1-2-5-14(17)16-12(10-15)9-8-11-6-3-4-7-13(11)16/h2-9,12H,1H3. The molecule has 3 heteroatoms. The van der Waals surface area contributed by atoms with Gasteiger partial charge < -0.3 is 0 Å². The third-order valence-corrected chi connectivity index (χ3v) is 2.61. The van der Waals surface area contributed by atoms with Gasteiger partial charge in [-0.1, -0.05) is 30.4 Å². The number of anilines is 1. The molecule has 2 rings (SSSR count). The Kier molecular flexibility index (Phi) is 3.06. The van der Waals surface area contributed by atoms with Crippen LogP contribution in [-0.4, -0.2) is 11.9 Å². The predicted octanol–water partition coefficient (Wildman–Crippen LogP) is 2.51. The van der Waals surface area contributed by atoms with Gasteiger partial charge in [-0.15, -0.1) is 0 Å². The molecule has 0 aromatic heterocycles. The molecule has 1 atom stereocenters. The molecular weight excluding hydrogens is 212 g/mol. The highest BCUT2D eigenvalue weighted by Gasteiger charge is 2.25. The Balaban J connectivity index is 2.50. The van der Waals surface area contributed by atoms with Crippen molar-refractivity contribution in [2.75, 3.05) is 4.90 Å². The summed E-state index contributed by atoms with van der Waals surface area (Å²) in [4.78, 5) is 13.5. The molecule has 0 bridgehead atoms. The fraction of sp³-hybridized carbons (Fsp3) is 0.143. The Morgan fingerprint density at radius 2 is 2.24 bits per heavy atom. The van der Waals surface area contributed by atoms with Crippen LogP contribution in [0.2, 0.25) is 0 Å². The maximum atomic E-state index is 12.0. The lowest BCUT2D eigenvalue weighted by Gasteiger charge is -2.29. The van der Waals surface area contributed by atoms with E-state index in [1.165, 1.54) is 11.0 Å². The summed E-state index contributed by atoms with van der Waals surface area (Å²) in [6.07, 6.45) is 6.77. The zero-order chi connectivity index (χ0) is 12.3. The molecule has 1 aliphatic rings. The molecule has 0 saturated heterocycles. The second kappa shape index (κ2) is 4.67. The largest absolute Gasteiger partial charge is 0.288 e. The number of hydrogen-bond donors (Lipinski definition) is 0. The van der Waals surface area contributed by atoms with Gasteiger partial charge in [-0.05, 0) is 30.7 Å². The predicted molar refractivity (Wildman–Crippen MR) is 67.2 cm³/mol. The first kappa shape index (κ1) is 11.2. The van der Waals surface area contributed by atoms with E-state index >= 15 is 0 Å². The van der Waals surface area contributed by atoms with Crippen molar-refractivity contribution in [2.45, 2.75) is 13.0 Å². The summed E-state index contributed by atoms with van der Waals surface area (Å²) in [6.45, 7) is 1.78. The minimum Gasteiger partial charge on any atom is -0.288 e. The fourth-order valence-corrected chi connectivity index (χ4v) is 1.86. The maximum absolute atomic E-state index is 12.0. The Morgan fingerprint density at radius 3 is 2.94 bits per heavy atom. The summed E-state index contributed by atoms with van der Waals surface area (Å²) in [7, 11) is 0. The molecule has 1 heterocycles. The highest BCUT2D eigenvalue weighted by Crippen LogP contribution is 2.28. The van der Waals surface area contributed by atoms with Gasteiger partial charge in [-0.3, -0.25) is 9.69 Å². The molecule has 1 aromatic rings. The first-order valence-electron chi connectivity index (χ1n) is 5.40. The van der Waals surface area contributed by atoms with E-state index in [0.29, 0.717) is 0 Å². The van der Waals surface area contributed by atoms with Crippen LogP contribution in [0.3, 0.4) is 0 Å². The van der Waals surface area contributed by atoms with Gasteiger partial charge in [0.15, 0.2) is 0 Å². The molecule has 1 aromatic carbocycles. The van der Waals surface area contributed by atoms with Gasteiger partial charge in [-0.25, -0.2) is 0 Å². The Labute approximate surface area is 100 Å². The fourth-order valence-electron chi connectivity index (χ4n) is 1.86. The molecule has 17 heavy (non-hydrogen) atoms. The molecular formula is C14H12N2O. The monoisotopic (exact) mass is 224 g/mol. The van der Waals surface area contributed by atoms with Gasteiger partial charge in [0.2, 0.25) is 0 Å². The molecule has 0 spiro atoms. The normalized spacial score (nSPS) is 17.9. The van der Waals surface area contributed by atoms with Crippen LogP contribution < -0.4 is 4.90 Å². The number of para-hydroxylation sites is 1. The summed E-state index contributed by atoms with van der Waals surface area (Å²) >= 11 is 0. The smallest absolute Gasteiger partial charge is 0.252 e. The minimum atomic E-state index is -0.534. The van der Waals surface area contributed by atoms with Crippen molar-refractivity contribution in [2.24, 2.45) is 0 Å². The van der Waals surface area contributed by atoms with Crippen molar-refractivity contribution in [3.05, 3.63) is 48.1 Å². The van der Waals surface area contributed by atoms with Gasteiger partial charge in [0, 0.05) is 0 Å². The second-order valence-electron chi connectivity index (χ2n) is 3.70. The van der Waals surface area contributed by atoms with Crippen molar-refractivity contribution in [1.29, 1.82) is 5.26 Å². The number of nitriles is 1. The van der Waals surface area contributed by atoms with Gasteiger partial charge in [0.1, 0.15) is 6.04 Å². The number of carbonyl (C=O) groups excluding carboxylic acids is 1. The third kappa shape index (κ3) is 1.98. The van der Waals surface area contributed by atoms with Crippen LogP contribution in [0.4, 0.5) is 5.69 Å². The molecule has 0 aliphatic carbocycles. The third-order valence-electron chi connectivity index (χ3n) is 2.61. The summed E-state index contributed by atoms with van der Waals surface area (Å²) < 4.78 is 0. The molecule has 3 nitrogen and oxygen atoms in total. The van der Waals surface area contributed by atoms with E-state index in [1.807, 2.05) is 30.3 Å². The van der Waals surface area contributed by atoms with E-state index in [-0.39, 0.29) is 5.91 Å². The van der Waals surface area contributed by atoms with Crippen molar-refractivity contribution in [1.82, 2.24) is 0 Å². The van der Waals surface area contributed by atoms with Gasteiger partial charge in [-0.2, -0.15) is 5.26 Å². The van der Waals surface area contributed by atoms with Crippen LogP contribution in [0.25, 0.3) is 6.08 Å². The summed E-state index contributed by atoms with van der Waals surface area (Å²) in [5, 5.41) is 9.08. The van der Waals surface area contributed by atoms with Crippen molar-refractivity contribution >= 4 is 17.7 Å². The van der Waals surface area contributed by atoms with E-state index in [4.69, 9.17) is 5.26 Å². The van der Waals surface area contributed by atoms with Gasteiger partial charge in [0.05, 0.1) is 11.8 Å². The van der Waals surface area contributed by atoms with Crippen molar-refractivity contribution in [3.63, 3.8) is 0 Å². The van der Waals surface area contributed by atoms with E-state index < -0.39 is 6.04 Å². The number of nitrogens with zero attached hydrogens (tertiary/aromatic N) is 2. The summed E-state index contributed by atoms with van der Waals surface area (Å²) in [6, 6.07) is 9.14. The molecule has 1 aliphatic heterocycles. The SMILES string of the molecule is CC=CC(=O)N1c2ccccc2C=CC1C#N. The van der Waals surface area contributed by atoms with Crippen LogP contribution in [0.15, 0.2) is 42.5 Å². The first-order chi connectivity index (χ1) is 8.27. The molecule has 0 saturated carbocycles.